The molecule has 0 aliphatic heterocycles. The van der Waals surface area contributed by atoms with Gasteiger partial charge < -0.3 is 16.2 Å². The number of hydrogen-bond acceptors (Lipinski definition) is 5. The van der Waals surface area contributed by atoms with Crippen molar-refractivity contribution in [3.63, 3.8) is 0 Å². The number of nitrogens with one attached hydrogen (secondary N) is 1. The highest BCUT2D eigenvalue weighted by Gasteiger charge is 2.14. The van der Waals surface area contributed by atoms with Crippen LogP contribution in [0, 0.1) is 0 Å². The second-order valence-corrected chi connectivity index (χ2v) is 7.29. The summed E-state index contributed by atoms with van der Waals surface area (Å²) in [6.07, 6.45) is 2.22. The molecule has 6 nitrogen and oxygen atoms in total. The number of guanidine groups is 1. The number of benzene rings is 1. The Morgan fingerprint density at radius 3 is 2.81 bits per heavy atom. The Labute approximate surface area is 165 Å². The van der Waals surface area contributed by atoms with Gasteiger partial charge in [-0.25, -0.2) is 0 Å². The first-order valence-corrected chi connectivity index (χ1v) is 9.97. The number of carbonyl (C=O) groups is 1. The summed E-state index contributed by atoms with van der Waals surface area (Å²) in [5.41, 5.74) is 13.9. The Hall–Kier alpha value is -1.90. The molecule has 1 aromatic heterocycles. The van der Waals surface area contributed by atoms with Gasteiger partial charge in [-0.2, -0.15) is 11.3 Å². The van der Waals surface area contributed by atoms with E-state index in [1.807, 2.05) is 29.0 Å². The van der Waals surface area contributed by atoms with Crippen LogP contribution in [0.3, 0.4) is 0 Å². The lowest BCUT2D eigenvalue weighted by Gasteiger charge is -2.10. The highest BCUT2D eigenvalue weighted by Crippen LogP contribution is 2.25. The van der Waals surface area contributed by atoms with Crippen LogP contribution in [0.4, 0.5) is 0 Å². The second-order valence-electron chi connectivity index (χ2n) is 5.63. The minimum absolute atomic E-state index is 0.120. The van der Waals surface area contributed by atoms with Crippen molar-refractivity contribution in [3.05, 3.63) is 50.1 Å². The lowest BCUT2D eigenvalue weighted by molar-refractivity contribution is 0.0976. The lowest BCUT2D eigenvalue weighted by atomic mass is 10.0. The largest absolute Gasteiger partial charge is 0.496 e. The topological polar surface area (TPSA) is 103 Å². The number of nitrogens with two attached hydrogens (primary N) is 2. The first-order chi connectivity index (χ1) is 12.5. The monoisotopic (exact) mass is 438 g/mol. The molecule has 8 heteroatoms. The summed E-state index contributed by atoms with van der Waals surface area (Å²) in [6.45, 7) is 1.04. The highest BCUT2D eigenvalue weighted by atomic mass is 79.9. The van der Waals surface area contributed by atoms with Gasteiger partial charge in [0, 0.05) is 16.4 Å². The van der Waals surface area contributed by atoms with Crippen molar-refractivity contribution >= 4 is 39.1 Å². The van der Waals surface area contributed by atoms with E-state index in [1.54, 1.807) is 7.11 Å². The third kappa shape index (κ3) is 5.82. The molecule has 26 heavy (non-hydrogen) atoms. The minimum Gasteiger partial charge on any atom is -0.496 e. The maximum absolute atomic E-state index is 12.4. The van der Waals surface area contributed by atoms with Gasteiger partial charge in [0.05, 0.1) is 12.7 Å². The van der Waals surface area contributed by atoms with Crippen LogP contribution >= 0.6 is 27.3 Å². The maximum atomic E-state index is 12.4. The maximum Gasteiger partial charge on any atom is 0.259 e. The molecule has 0 spiro atoms. The van der Waals surface area contributed by atoms with Crippen molar-refractivity contribution in [1.82, 2.24) is 5.32 Å². The molecular weight excluding hydrogens is 416 g/mol. The fourth-order valence-corrected chi connectivity index (χ4v) is 3.72. The van der Waals surface area contributed by atoms with E-state index in [9.17, 15) is 4.79 Å². The lowest BCUT2D eigenvalue weighted by Crippen LogP contribution is -2.37. The summed E-state index contributed by atoms with van der Waals surface area (Å²) in [6, 6.07) is 5.91. The average molecular weight is 439 g/mol. The van der Waals surface area contributed by atoms with Crippen molar-refractivity contribution in [3.8, 4) is 5.75 Å². The number of amides is 1. The molecule has 0 atom stereocenters. The molecule has 0 saturated carbocycles. The summed E-state index contributed by atoms with van der Waals surface area (Å²) in [4.78, 5) is 16.5. The van der Waals surface area contributed by atoms with Crippen LogP contribution in [-0.4, -0.2) is 32.1 Å². The zero-order chi connectivity index (χ0) is 18.9. The Bertz CT molecular complexity index is 776. The van der Waals surface area contributed by atoms with E-state index in [4.69, 9.17) is 16.2 Å². The van der Waals surface area contributed by atoms with E-state index >= 15 is 0 Å². The van der Waals surface area contributed by atoms with Gasteiger partial charge in [-0.1, -0.05) is 15.9 Å². The zero-order valence-electron chi connectivity index (χ0n) is 14.6. The van der Waals surface area contributed by atoms with Crippen molar-refractivity contribution in [2.75, 3.05) is 20.2 Å². The molecule has 1 amide bonds. The predicted molar refractivity (Wildman–Crippen MR) is 110 cm³/mol. The fraction of sp³-hybridized carbons (Fsp3) is 0.333. The molecule has 0 radical (unpaired) electrons. The van der Waals surface area contributed by atoms with E-state index in [1.165, 1.54) is 11.3 Å². The molecule has 0 aliphatic carbocycles. The molecule has 2 aromatic rings. The van der Waals surface area contributed by atoms with Gasteiger partial charge in [0.2, 0.25) is 0 Å². The summed E-state index contributed by atoms with van der Waals surface area (Å²) in [5, 5.41) is 6.45. The van der Waals surface area contributed by atoms with E-state index in [-0.39, 0.29) is 11.9 Å². The molecule has 0 unspecified atom stereocenters. The van der Waals surface area contributed by atoms with Crippen molar-refractivity contribution in [2.24, 2.45) is 16.5 Å². The molecule has 2 rings (SSSR count). The fourth-order valence-electron chi connectivity index (χ4n) is 2.44. The first-order valence-electron chi connectivity index (χ1n) is 8.24. The molecule has 1 heterocycles. The summed E-state index contributed by atoms with van der Waals surface area (Å²) in [7, 11) is 1.66. The number of thiophene rings is 1. The number of nitrogens with zero attached hydrogens (tertiary/aromatic N) is 1. The van der Waals surface area contributed by atoms with Gasteiger partial charge in [0.1, 0.15) is 5.75 Å². The smallest absolute Gasteiger partial charge is 0.259 e. The molecular formula is C18H23BrN4O2S. The van der Waals surface area contributed by atoms with Crippen LogP contribution in [0.2, 0.25) is 0 Å². The second kappa shape index (κ2) is 10.3. The van der Waals surface area contributed by atoms with Gasteiger partial charge >= 0.3 is 0 Å². The number of rotatable bonds is 8. The van der Waals surface area contributed by atoms with Crippen LogP contribution in [0.15, 0.2) is 38.4 Å². The van der Waals surface area contributed by atoms with Crippen LogP contribution in [0.1, 0.15) is 27.9 Å². The molecule has 0 aliphatic rings. The number of hydrogen-bond donors (Lipinski definition) is 3. The van der Waals surface area contributed by atoms with Gasteiger partial charge in [-0.15, -0.1) is 0 Å². The summed E-state index contributed by atoms with van der Waals surface area (Å²) >= 11 is 4.98. The number of aliphatic imine (C=N–C) groups is 1. The molecule has 1 aromatic carbocycles. The molecule has 0 saturated heterocycles. The van der Waals surface area contributed by atoms with Crippen LogP contribution in [0.5, 0.6) is 5.75 Å². The van der Waals surface area contributed by atoms with Crippen LogP contribution in [-0.2, 0) is 12.8 Å². The molecule has 0 bridgehead atoms. The molecule has 0 fully saturated rings. The third-order valence-corrected chi connectivity index (χ3v) is 5.06. The van der Waals surface area contributed by atoms with Crippen LogP contribution in [0.25, 0.3) is 0 Å². The van der Waals surface area contributed by atoms with Gasteiger partial charge in [-0.3, -0.25) is 15.1 Å². The number of halogens is 1. The van der Waals surface area contributed by atoms with Gasteiger partial charge in [0.15, 0.2) is 5.96 Å². The average Bonchev–Trinajstić information content (AvgIpc) is 3.09. The number of carbonyl (C=O) groups excluding carboxylic acids is 1. The number of methoxy groups -OCH3 is 1. The van der Waals surface area contributed by atoms with Crippen molar-refractivity contribution < 1.29 is 9.53 Å². The SMILES string of the molecule is COc1ccc(Br)cc1CCc1cscc1C(=O)NC(N)=NCCCN. The highest BCUT2D eigenvalue weighted by molar-refractivity contribution is 9.10. The number of ether oxygens (including phenoxy) is 1. The summed E-state index contributed by atoms with van der Waals surface area (Å²) < 4.78 is 6.41. The zero-order valence-corrected chi connectivity index (χ0v) is 17.0. The Kier molecular flexibility index (Phi) is 8.08. The Morgan fingerprint density at radius 2 is 2.08 bits per heavy atom. The predicted octanol–water partition coefficient (Wildman–Crippen LogP) is 2.70. The van der Waals surface area contributed by atoms with E-state index in [0.717, 1.165) is 40.6 Å². The quantitative estimate of drug-likeness (QED) is 0.334. The Balaban J connectivity index is 2.03. The summed E-state index contributed by atoms with van der Waals surface area (Å²) in [5.74, 6) is 0.719. The van der Waals surface area contributed by atoms with Crippen molar-refractivity contribution in [2.45, 2.75) is 19.3 Å². The normalized spacial score (nSPS) is 11.4. The molecule has 5 N–H and O–H groups in total. The van der Waals surface area contributed by atoms with Gasteiger partial charge in [-0.05, 0) is 60.5 Å². The van der Waals surface area contributed by atoms with Gasteiger partial charge in [0.25, 0.3) is 5.91 Å². The minimum atomic E-state index is -0.239. The standard InChI is InChI=1S/C18H23BrN4O2S/c1-25-16-6-5-14(19)9-12(16)3-4-13-10-26-11-15(13)17(24)23-18(21)22-8-2-7-20/h5-6,9-11H,2-4,7-8,20H2,1H3,(H3,21,22,23,24). The van der Waals surface area contributed by atoms with Crippen LogP contribution < -0.4 is 21.5 Å². The Morgan fingerprint density at radius 1 is 1.31 bits per heavy atom. The molecule has 140 valence electrons. The third-order valence-electron chi connectivity index (χ3n) is 3.78. The van der Waals surface area contributed by atoms with E-state index < -0.39 is 0 Å². The van der Waals surface area contributed by atoms with Crippen molar-refractivity contribution in [1.29, 1.82) is 0 Å². The number of aryl methyl sites for hydroxylation is 2. The van der Waals surface area contributed by atoms with E-state index in [2.05, 4.69) is 26.2 Å². The first kappa shape index (κ1) is 20.4. The van der Waals surface area contributed by atoms with E-state index in [0.29, 0.717) is 18.7 Å².